The Morgan fingerprint density at radius 2 is 1.94 bits per heavy atom. The predicted octanol–water partition coefficient (Wildman–Crippen LogP) is 5.22. The van der Waals surface area contributed by atoms with Crippen LogP contribution in [-0.2, 0) is 0 Å². The number of anilines is 1. The number of non-ortho nitro benzene ring substituents is 1. The number of benzene rings is 2. The van der Waals surface area contributed by atoms with E-state index < -0.39 is 4.92 Å². The minimum atomic E-state index is -0.479. The number of piperazine rings is 1. The van der Waals surface area contributed by atoms with Crippen molar-refractivity contribution in [2.24, 2.45) is 0 Å². The Labute approximate surface area is 194 Å². The summed E-state index contributed by atoms with van der Waals surface area (Å²) in [5.74, 6) is 0.249. The van der Waals surface area contributed by atoms with Gasteiger partial charge in [0.1, 0.15) is 17.0 Å². The van der Waals surface area contributed by atoms with Crippen LogP contribution in [0, 0.1) is 17.0 Å². The molecule has 1 fully saturated rings. The van der Waals surface area contributed by atoms with E-state index >= 15 is 0 Å². The van der Waals surface area contributed by atoms with E-state index in [0.717, 1.165) is 0 Å². The maximum atomic E-state index is 13.5. The second-order valence-electron chi connectivity index (χ2n) is 7.63. The Hall–Kier alpha value is -3.10. The summed E-state index contributed by atoms with van der Waals surface area (Å²) in [7, 11) is 0. The molecular weight excluding hydrogens is 455 g/mol. The van der Waals surface area contributed by atoms with Gasteiger partial charge in [0.25, 0.3) is 11.6 Å². The normalized spacial score (nSPS) is 16.3. The number of rotatable bonds is 4. The number of nitro groups is 1. The average Bonchev–Trinajstić information content (AvgIpc) is 3.14. The van der Waals surface area contributed by atoms with Gasteiger partial charge in [0, 0.05) is 43.4 Å². The Morgan fingerprint density at radius 1 is 1.19 bits per heavy atom. The Bertz CT molecular complexity index is 1200. The molecule has 1 aromatic heterocycles. The zero-order valence-corrected chi connectivity index (χ0v) is 18.9. The number of nitrogens with zero attached hydrogens (tertiary/aromatic N) is 4. The number of aromatic nitrogens is 1. The molecule has 2 heterocycles. The van der Waals surface area contributed by atoms with Gasteiger partial charge in [0.15, 0.2) is 0 Å². The molecule has 0 saturated carbocycles. The Balaban J connectivity index is 1.57. The maximum Gasteiger partial charge on any atom is 0.271 e. The number of amides is 1. The van der Waals surface area contributed by atoms with Gasteiger partial charge in [0.05, 0.1) is 20.7 Å². The lowest BCUT2D eigenvalue weighted by atomic mass is 10.0. The first-order valence-corrected chi connectivity index (χ1v) is 10.7. The topological polar surface area (TPSA) is 92.7 Å². The van der Waals surface area contributed by atoms with Crippen LogP contribution in [0.25, 0.3) is 11.3 Å². The molecule has 0 spiro atoms. The van der Waals surface area contributed by atoms with Gasteiger partial charge in [-0.2, -0.15) is 0 Å². The minimum Gasteiger partial charge on any atom is -0.366 e. The van der Waals surface area contributed by atoms with Crippen LogP contribution >= 0.6 is 23.2 Å². The molecule has 8 nitrogen and oxygen atoms in total. The third kappa shape index (κ3) is 4.03. The molecule has 1 saturated heterocycles. The van der Waals surface area contributed by atoms with E-state index in [1.807, 2.05) is 24.0 Å². The summed E-state index contributed by atoms with van der Waals surface area (Å²) >= 11 is 12.6. The molecule has 0 unspecified atom stereocenters. The van der Waals surface area contributed by atoms with Crippen molar-refractivity contribution in [2.45, 2.75) is 19.9 Å². The van der Waals surface area contributed by atoms with Gasteiger partial charge in [-0.15, -0.1) is 0 Å². The lowest BCUT2D eigenvalue weighted by molar-refractivity contribution is -0.384. The van der Waals surface area contributed by atoms with Crippen molar-refractivity contribution in [2.75, 3.05) is 24.5 Å². The number of aryl methyl sites for hydroxylation is 1. The highest BCUT2D eigenvalue weighted by molar-refractivity contribution is 6.33. The van der Waals surface area contributed by atoms with Crippen LogP contribution < -0.4 is 4.90 Å². The van der Waals surface area contributed by atoms with Gasteiger partial charge in [-0.3, -0.25) is 14.9 Å². The number of halogens is 2. The standard InChI is InChI=1S/C22H20Cl2N4O4/c1-13-12-26(19-8-7-15(28(30)31)11-18(19)24)9-10-27(13)22(29)20-14(2)32-25-21(20)16-5-3-4-6-17(16)23/h3-8,11,13H,9-10,12H2,1-2H3/t13-/m1/s1. The molecule has 0 bridgehead atoms. The molecule has 2 aromatic carbocycles. The number of hydrogen-bond acceptors (Lipinski definition) is 6. The summed E-state index contributed by atoms with van der Waals surface area (Å²) in [6, 6.07) is 11.5. The minimum absolute atomic E-state index is 0.0596. The smallest absolute Gasteiger partial charge is 0.271 e. The van der Waals surface area contributed by atoms with Crippen LogP contribution in [0.3, 0.4) is 0 Å². The number of nitro benzene ring substituents is 1. The first-order chi connectivity index (χ1) is 15.3. The largest absolute Gasteiger partial charge is 0.366 e. The van der Waals surface area contributed by atoms with E-state index in [4.69, 9.17) is 27.7 Å². The van der Waals surface area contributed by atoms with E-state index in [9.17, 15) is 14.9 Å². The van der Waals surface area contributed by atoms with Crippen molar-refractivity contribution < 1.29 is 14.2 Å². The first kappa shape index (κ1) is 22.1. The fourth-order valence-electron chi connectivity index (χ4n) is 3.95. The van der Waals surface area contributed by atoms with Crippen molar-refractivity contribution in [1.29, 1.82) is 0 Å². The molecule has 1 atom stereocenters. The number of carbonyl (C=O) groups is 1. The third-order valence-corrected chi connectivity index (χ3v) is 6.21. The average molecular weight is 475 g/mol. The highest BCUT2D eigenvalue weighted by atomic mass is 35.5. The Kier molecular flexibility index (Phi) is 6.08. The molecule has 0 N–H and O–H groups in total. The van der Waals surface area contributed by atoms with Crippen molar-refractivity contribution in [3.05, 3.63) is 73.9 Å². The zero-order valence-electron chi connectivity index (χ0n) is 17.4. The molecule has 10 heteroatoms. The van der Waals surface area contributed by atoms with Crippen LogP contribution in [0.2, 0.25) is 10.0 Å². The van der Waals surface area contributed by atoms with E-state index in [0.29, 0.717) is 57.9 Å². The van der Waals surface area contributed by atoms with Crippen molar-refractivity contribution in [3.63, 3.8) is 0 Å². The number of carbonyl (C=O) groups excluding carboxylic acids is 1. The molecule has 0 aliphatic carbocycles. The fourth-order valence-corrected chi connectivity index (χ4v) is 4.47. The summed E-state index contributed by atoms with van der Waals surface area (Å²) in [5.41, 5.74) is 2.10. The van der Waals surface area contributed by atoms with Gasteiger partial charge in [-0.25, -0.2) is 0 Å². The van der Waals surface area contributed by atoms with Crippen LogP contribution in [0.4, 0.5) is 11.4 Å². The molecule has 166 valence electrons. The summed E-state index contributed by atoms with van der Waals surface area (Å²) in [4.78, 5) is 27.8. The monoisotopic (exact) mass is 474 g/mol. The Morgan fingerprint density at radius 3 is 2.59 bits per heavy atom. The molecule has 1 aliphatic rings. The van der Waals surface area contributed by atoms with Gasteiger partial charge < -0.3 is 14.3 Å². The SMILES string of the molecule is Cc1onc(-c2ccccc2Cl)c1C(=O)N1CCN(c2ccc([N+](=O)[O-])cc2Cl)C[C@H]1C. The molecule has 4 rings (SSSR count). The lowest BCUT2D eigenvalue weighted by Crippen LogP contribution is -2.54. The van der Waals surface area contributed by atoms with Gasteiger partial charge in [-0.1, -0.05) is 46.6 Å². The third-order valence-electron chi connectivity index (χ3n) is 5.58. The molecule has 3 aromatic rings. The molecule has 32 heavy (non-hydrogen) atoms. The highest BCUT2D eigenvalue weighted by Gasteiger charge is 2.33. The second kappa shape index (κ2) is 8.80. The first-order valence-electron chi connectivity index (χ1n) is 9.99. The predicted molar refractivity (Wildman–Crippen MR) is 123 cm³/mol. The van der Waals surface area contributed by atoms with Crippen molar-refractivity contribution >= 4 is 40.5 Å². The number of hydrogen-bond donors (Lipinski definition) is 0. The van der Waals surface area contributed by atoms with E-state index in [-0.39, 0.29) is 17.6 Å². The van der Waals surface area contributed by atoms with Crippen LogP contribution in [0.5, 0.6) is 0 Å². The summed E-state index contributed by atoms with van der Waals surface area (Å²) < 4.78 is 5.35. The quantitative estimate of drug-likeness (QED) is 0.380. The van der Waals surface area contributed by atoms with Crippen molar-refractivity contribution in [3.8, 4) is 11.3 Å². The second-order valence-corrected chi connectivity index (χ2v) is 8.44. The van der Waals surface area contributed by atoms with E-state index in [1.54, 1.807) is 30.0 Å². The van der Waals surface area contributed by atoms with Crippen molar-refractivity contribution in [1.82, 2.24) is 10.1 Å². The zero-order chi connectivity index (χ0) is 23.0. The summed E-state index contributed by atoms with van der Waals surface area (Å²) in [6.07, 6.45) is 0. The lowest BCUT2D eigenvalue weighted by Gasteiger charge is -2.41. The molecular formula is C22H20Cl2N4O4. The van der Waals surface area contributed by atoms with Crippen LogP contribution in [0.15, 0.2) is 47.0 Å². The summed E-state index contributed by atoms with van der Waals surface area (Å²) in [6.45, 7) is 5.15. The highest BCUT2D eigenvalue weighted by Crippen LogP contribution is 2.34. The molecule has 1 amide bonds. The maximum absolute atomic E-state index is 13.5. The van der Waals surface area contributed by atoms with E-state index in [2.05, 4.69) is 5.16 Å². The fraction of sp³-hybridized carbons (Fsp3) is 0.273. The molecule has 1 aliphatic heterocycles. The van der Waals surface area contributed by atoms with Crippen LogP contribution in [-0.4, -0.2) is 46.6 Å². The summed E-state index contributed by atoms with van der Waals surface area (Å²) in [5, 5.41) is 15.9. The van der Waals surface area contributed by atoms with Crippen LogP contribution in [0.1, 0.15) is 23.0 Å². The van der Waals surface area contributed by atoms with Gasteiger partial charge in [0.2, 0.25) is 0 Å². The van der Waals surface area contributed by atoms with Gasteiger partial charge in [-0.05, 0) is 26.0 Å². The van der Waals surface area contributed by atoms with E-state index in [1.165, 1.54) is 12.1 Å². The molecule has 0 radical (unpaired) electrons. The van der Waals surface area contributed by atoms with Gasteiger partial charge >= 0.3 is 0 Å².